The largest absolute Gasteiger partial charge is 0.480 e. The Morgan fingerprint density at radius 3 is 2.54 bits per heavy atom. The molecule has 2 aliphatic rings. The molecular weight excluding hydrogens is 360 g/mol. The van der Waals surface area contributed by atoms with Crippen molar-refractivity contribution < 1.29 is 27.9 Å². The van der Waals surface area contributed by atoms with Gasteiger partial charge in [-0.3, -0.25) is 4.79 Å². The minimum atomic E-state index is -3.71. The Morgan fingerprint density at radius 1 is 1.12 bits per heavy atom. The van der Waals surface area contributed by atoms with Gasteiger partial charge in [0.1, 0.15) is 6.04 Å². The molecule has 1 aromatic carbocycles. The molecule has 0 bridgehead atoms. The molecule has 142 valence electrons. The van der Waals surface area contributed by atoms with Gasteiger partial charge in [-0.15, -0.1) is 0 Å². The number of benzene rings is 1. The van der Waals surface area contributed by atoms with Crippen molar-refractivity contribution in [1.82, 2.24) is 9.21 Å². The highest BCUT2D eigenvalue weighted by Crippen LogP contribution is 2.23. The van der Waals surface area contributed by atoms with Crippen molar-refractivity contribution >= 4 is 21.9 Å². The summed E-state index contributed by atoms with van der Waals surface area (Å²) >= 11 is 0. The molecule has 2 saturated heterocycles. The van der Waals surface area contributed by atoms with Gasteiger partial charge in [0.2, 0.25) is 10.0 Å². The number of carbonyl (C=O) groups excluding carboxylic acids is 1. The van der Waals surface area contributed by atoms with E-state index in [-0.39, 0.29) is 23.5 Å². The first kappa shape index (κ1) is 18.8. The van der Waals surface area contributed by atoms with Crippen LogP contribution in [-0.4, -0.2) is 73.5 Å². The second-order valence-corrected chi connectivity index (χ2v) is 8.33. The molecule has 0 unspecified atom stereocenters. The van der Waals surface area contributed by atoms with Crippen LogP contribution in [0.2, 0.25) is 0 Å². The van der Waals surface area contributed by atoms with Gasteiger partial charge in [0.05, 0.1) is 18.1 Å². The second kappa shape index (κ2) is 7.73. The molecule has 1 amide bonds. The van der Waals surface area contributed by atoms with E-state index >= 15 is 0 Å². The topological polar surface area (TPSA) is 104 Å². The second-order valence-electron chi connectivity index (χ2n) is 6.39. The van der Waals surface area contributed by atoms with Crippen molar-refractivity contribution in [2.75, 3.05) is 32.8 Å². The molecular formula is C17H22N2O6S. The lowest BCUT2D eigenvalue weighted by Gasteiger charge is -2.33. The number of amides is 1. The molecule has 2 fully saturated rings. The molecule has 0 radical (unpaired) electrons. The number of rotatable bonds is 4. The Bertz CT molecular complexity index is 788. The molecule has 26 heavy (non-hydrogen) atoms. The Morgan fingerprint density at radius 2 is 1.85 bits per heavy atom. The van der Waals surface area contributed by atoms with Gasteiger partial charge in [-0.2, -0.15) is 4.31 Å². The number of likely N-dealkylation sites (tertiary alicyclic amines) is 1. The van der Waals surface area contributed by atoms with Gasteiger partial charge in [-0.05, 0) is 37.5 Å². The minimum Gasteiger partial charge on any atom is -0.480 e. The van der Waals surface area contributed by atoms with E-state index in [9.17, 15) is 23.1 Å². The molecule has 2 heterocycles. The minimum absolute atomic E-state index is 0.0362. The lowest BCUT2D eigenvalue weighted by atomic mass is 10.0. The molecule has 1 aromatic rings. The van der Waals surface area contributed by atoms with E-state index in [1.165, 1.54) is 33.5 Å². The predicted octanol–water partition coefficient (Wildman–Crippen LogP) is 0.787. The average Bonchev–Trinajstić information content (AvgIpc) is 2.68. The number of ether oxygens (including phenoxy) is 1. The summed E-state index contributed by atoms with van der Waals surface area (Å²) < 4.78 is 32.0. The number of hydrogen-bond acceptors (Lipinski definition) is 5. The summed E-state index contributed by atoms with van der Waals surface area (Å²) in [5, 5.41) is 9.35. The van der Waals surface area contributed by atoms with Crippen LogP contribution in [0.5, 0.6) is 0 Å². The van der Waals surface area contributed by atoms with Gasteiger partial charge in [-0.25, -0.2) is 13.2 Å². The highest BCUT2D eigenvalue weighted by molar-refractivity contribution is 7.89. The van der Waals surface area contributed by atoms with Crippen LogP contribution in [0.15, 0.2) is 29.2 Å². The van der Waals surface area contributed by atoms with Crippen LogP contribution < -0.4 is 0 Å². The first-order valence-electron chi connectivity index (χ1n) is 8.63. The van der Waals surface area contributed by atoms with Crippen LogP contribution >= 0.6 is 0 Å². The van der Waals surface area contributed by atoms with E-state index in [0.29, 0.717) is 26.2 Å². The molecule has 0 spiro atoms. The zero-order valence-electron chi connectivity index (χ0n) is 14.3. The number of carbonyl (C=O) groups is 2. The molecule has 8 nitrogen and oxygen atoms in total. The van der Waals surface area contributed by atoms with Crippen LogP contribution in [0.1, 0.15) is 29.6 Å². The van der Waals surface area contributed by atoms with E-state index in [4.69, 9.17) is 4.74 Å². The number of nitrogens with zero attached hydrogens (tertiary/aromatic N) is 2. The van der Waals surface area contributed by atoms with Crippen LogP contribution in [-0.2, 0) is 19.6 Å². The number of carboxylic acid groups (broad SMARTS) is 1. The van der Waals surface area contributed by atoms with E-state index in [1.807, 2.05) is 0 Å². The summed E-state index contributed by atoms with van der Waals surface area (Å²) in [4.78, 5) is 25.6. The maximum Gasteiger partial charge on any atom is 0.326 e. The fraction of sp³-hybridized carbons (Fsp3) is 0.529. The summed E-state index contributed by atoms with van der Waals surface area (Å²) in [5.41, 5.74) is 0.187. The van der Waals surface area contributed by atoms with E-state index in [2.05, 4.69) is 0 Å². The van der Waals surface area contributed by atoms with E-state index in [1.54, 1.807) is 0 Å². The Hall–Kier alpha value is -1.97. The zero-order valence-corrected chi connectivity index (χ0v) is 15.2. The predicted molar refractivity (Wildman–Crippen MR) is 92.3 cm³/mol. The highest BCUT2D eigenvalue weighted by Gasteiger charge is 2.33. The summed E-state index contributed by atoms with van der Waals surface area (Å²) in [6.45, 7) is 1.58. The van der Waals surface area contributed by atoms with Crippen molar-refractivity contribution in [2.24, 2.45) is 0 Å². The zero-order chi connectivity index (χ0) is 18.7. The van der Waals surface area contributed by atoms with Crippen LogP contribution in [0.4, 0.5) is 0 Å². The lowest BCUT2D eigenvalue weighted by Crippen LogP contribution is -2.48. The summed E-state index contributed by atoms with van der Waals surface area (Å²) in [6, 6.07) is 4.96. The van der Waals surface area contributed by atoms with Gasteiger partial charge < -0.3 is 14.7 Å². The van der Waals surface area contributed by atoms with Crippen LogP contribution in [0.3, 0.4) is 0 Å². The third-order valence-electron chi connectivity index (χ3n) is 4.74. The first-order chi connectivity index (χ1) is 12.4. The number of aliphatic carboxylic acids is 1. The number of hydrogen-bond donors (Lipinski definition) is 1. The third kappa shape index (κ3) is 3.74. The maximum atomic E-state index is 12.8. The molecule has 0 aromatic heterocycles. The van der Waals surface area contributed by atoms with Gasteiger partial charge in [0.15, 0.2) is 0 Å². The van der Waals surface area contributed by atoms with Crippen LogP contribution in [0.25, 0.3) is 0 Å². The van der Waals surface area contributed by atoms with E-state index in [0.717, 1.165) is 12.8 Å². The Balaban J connectivity index is 1.86. The standard InChI is InChI=1S/C17H22N2O6S/c20-16(19-7-2-1-6-15(19)17(21)22)13-4-3-5-14(12-13)26(23,24)18-8-10-25-11-9-18/h3-5,12,15H,1-2,6-11H2,(H,21,22)/t15-/m1/s1. The molecule has 2 aliphatic heterocycles. The average molecular weight is 382 g/mol. The number of morpholine rings is 1. The van der Waals surface area contributed by atoms with Gasteiger partial charge in [0, 0.05) is 25.2 Å². The van der Waals surface area contributed by atoms with Crippen molar-refractivity contribution in [3.05, 3.63) is 29.8 Å². The van der Waals surface area contributed by atoms with E-state index < -0.39 is 27.9 Å². The fourth-order valence-electron chi connectivity index (χ4n) is 3.32. The lowest BCUT2D eigenvalue weighted by molar-refractivity contribution is -0.143. The van der Waals surface area contributed by atoms with Gasteiger partial charge >= 0.3 is 5.97 Å². The summed E-state index contributed by atoms with van der Waals surface area (Å²) in [5.74, 6) is -1.48. The molecule has 3 rings (SSSR count). The molecule has 1 atom stereocenters. The molecule has 1 N–H and O–H groups in total. The van der Waals surface area contributed by atoms with Crippen molar-refractivity contribution in [1.29, 1.82) is 0 Å². The SMILES string of the molecule is O=C(O)[C@H]1CCCCN1C(=O)c1cccc(S(=O)(=O)N2CCOCC2)c1. The normalized spacial score (nSPS) is 22.2. The summed E-state index contributed by atoms with van der Waals surface area (Å²) in [6.07, 6.45) is 1.90. The molecule has 9 heteroatoms. The molecule has 0 saturated carbocycles. The number of piperidine rings is 1. The van der Waals surface area contributed by atoms with Crippen molar-refractivity contribution in [3.63, 3.8) is 0 Å². The monoisotopic (exact) mass is 382 g/mol. The third-order valence-corrected chi connectivity index (χ3v) is 6.63. The van der Waals surface area contributed by atoms with Gasteiger partial charge in [0.25, 0.3) is 5.91 Å². The van der Waals surface area contributed by atoms with Crippen molar-refractivity contribution in [3.8, 4) is 0 Å². The quantitative estimate of drug-likeness (QED) is 0.826. The number of carboxylic acids is 1. The summed E-state index contributed by atoms with van der Waals surface area (Å²) in [7, 11) is -3.71. The Labute approximate surface area is 152 Å². The first-order valence-corrected chi connectivity index (χ1v) is 10.1. The van der Waals surface area contributed by atoms with Gasteiger partial charge in [-0.1, -0.05) is 6.07 Å². The van der Waals surface area contributed by atoms with Crippen LogP contribution in [0, 0.1) is 0 Å². The fourth-order valence-corrected chi connectivity index (χ4v) is 4.78. The van der Waals surface area contributed by atoms with Crippen molar-refractivity contribution in [2.45, 2.75) is 30.2 Å². The maximum absolute atomic E-state index is 12.8. The number of sulfonamides is 1. The Kier molecular flexibility index (Phi) is 5.59. The molecule has 0 aliphatic carbocycles. The highest BCUT2D eigenvalue weighted by atomic mass is 32.2. The smallest absolute Gasteiger partial charge is 0.326 e.